The average Bonchev–Trinajstić information content (AvgIpc) is 2.67. The van der Waals surface area contributed by atoms with Gasteiger partial charge in [0.1, 0.15) is 0 Å². The van der Waals surface area contributed by atoms with Gasteiger partial charge in [-0.3, -0.25) is 0 Å². The maximum absolute atomic E-state index is 2.47. The fourth-order valence-electron chi connectivity index (χ4n) is 2.69. The summed E-state index contributed by atoms with van der Waals surface area (Å²) in [5.41, 5.74) is 2.12. The van der Waals surface area contributed by atoms with Gasteiger partial charge in [-0.15, -0.1) is 0 Å². The highest BCUT2D eigenvalue weighted by atomic mass is 14.3. The Morgan fingerprint density at radius 2 is 1.60 bits per heavy atom. The van der Waals surface area contributed by atoms with Crippen LogP contribution in [-0.2, 0) is 0 Å². The minimum absolute atomic E-state index is 0.445. The van der Waals surface area contributed by atoms with E-state index < -0.39 is 0 Å². The van der Waals surface area contributed by atoms with Gasteiger partial charge in [0.25, 0.3) is 0 Å². The molecule has 0 aromatic rings. The monoisotopic (exact) mass is 206 g/mol. The Balaban J connectivity index is 2.67. The lowest BCUT2D eigenvalue weighted by Gasteiger charge is -2.31. The van der Waals surface area contributed by atoms with Gasteiger partial charge in [-0.1, -0.05) is 70.3 Å². The molecule has 0 aromatic carbocycles. The summed E-state index contributed by atoms with van der Waals surface area (Å²) in [6, 6.07) is 0. The van der Waals surface area contributed by atoms with Gasteiger partial charge < -0.3 is 0 Å². The maximum atomic E-state index is 2.47. The molecule has 0 atom stereocenters. The second-order valence-corrected chi connectivity index (χ2v) is 4.77. The lowest BCUT2D eigenvalue weighted by molar-refractivity contribution is 0.360. The summed E-state index contributed by atoms with van der Waals surface area (Å²) in [5, 5.41) is 0. The molecule has 0 radical (unpaired) electrons. The Labute approximate surface area is 95.5 Å². The molecule has 0 heteroatoms. The summed E-state index contributed by atoms with van der Waals surface area (Å²) in [4.78, 5) is 0. The van der Waals surface area contributed by atoms with E-state index in [4.69, 9.17) is 0 Å². The van der Waals surface area contributed by atoms with Crippen LogP contribution < -0.4 is 0 Å². The van der Waals surface area contributed by atoms with Crippen LogP contribution in [0.4, 0.5) is 0 Å². The molecule has 0 heterocycles. The first kappa shape index (κ1) is 12.5. The summed E-state index contributed by atoms with van der Waals surface area (Å²) in [5.74, 6) is 0. The van der Waals surface area contributed by atoms with Crippen molar-refractivity contribution in [3.63, 3.8) is 0 Å². The van der Waals surface area contributed by atoms with Gasteiger partial charge >= 0.3 is 0 Å². The highest BCUT2D eigenvalue weighted by Crippen LogP contribution is 2.44. The van der Waals surface area contributed by atoms with Crippen LogP contribution in [0.5, 0.6) is 0 Å². The molecular weight excluding hydrogens is 180 g/mol. The molecule has 0 saturated heterocycles. The molecule has 0 N–H and O–H groups in total. The zero-order valence-corrected chi connectivity index (χ0v) is 10.7. The molecule has 1 rings (SSSR count). The zero-order valence-electron chi connectivity index (χ0n) is 10.7. The summed E-state index contributed by atoms with van der Waals surface area (Å²) in [7, 11) is 0. The molecule has 1 aliphatic rings. The molecule has 0 nitrogen and oxygen atoms in total. The van der Waals surface area contributed by atoms with Crippen molar-refractivity contribution in [3.05, 3.63) is 23.8 Å². The van der Waals surface area contributed by atoms with Crippen molar-refractivity contribution in [2.75, 3.05) is 0 Å². The highest BCUT2D eigenvalue weighted by Gasteiger charge is 2.31. The minimum atomic E-state index is 0.445. The second kappa shape index (κ2) is 6.15. The topological polar surface area (TPSA) is 0 Å². The van der Waals surface area contributed by atoms with Crippen LogP contribution in [0, 0.1) is 5.41 Å². The number of hydrogen-bond donors (Lipinski definition) is 0. The number of rotatable bonds is 7. The van der Waals surface area contributed by atoms with Crippen LogP contribution >= 0.6 is 0 Å². The van der Waals surface area contributed by atoms with Crippen LogP contribution in [0.1, 0.15) is 65.7 Å². The van der Waals surface area contributed by atoms with Crippen molar-refractivity contribution < 1.29 is 0 Å². The molecule has 86 valence electrons. The molecule has 0 saturated carbocycles. The maximum Gasteiger partial charge on any atom is 0.00968 e. The van der Waals surface area contributed by atoms with Gasteiger partial charge in [0.05, 0.1) is 0 Å². The molecule has 15 heavy (non-hydrogen) atoms. The SMILES string of the molecule is CCCCC1(CCCC)C=CC=C1CC. The number of unbranched alkanes of at least 4 members (excludes halogenated alkanes) is 2. The molecule has 0 bridgehead atoms. The van der Waals surface area contributed by atoms with Crippen LogP contribution in [0.2, 0.25) is 0 Å². The van der Waals surface area contributed by atoms with E-state index in [9.17, 15) is 0 Å². The fraction of sp³-hybridized carbons (Fsp3) is 0.733. The quantitative estimate of drug-likeness (QED) is 0.533. The van der Waals surface area contributed by atoms with Crippen molar-refractivity contribution in [2.24, 2.45) is 5.41 Å². The molecule has 0 aliphatic heterocycles. The van der Waals surface area contributed by atoms with E-state index >= 15 is 0 Å². The third-order valence-corrected chi connectivity index (χ3v) is 3.69. The Bertz CT molecular complexity index is 224. The van der Waals surface area contributed by atoms with Crippen LogP contribution in [-0.4, -0.2) is 0 Å². The molecule has 0 unspecified atom stereocenters. The van der Waals surface area contributed by atoms with Crippen molar-refractivity contribution in [1.29, 1.82) is 0 Å². The van der Waals surface area contributed by atoms with Crippen molar-refractivity contribution in [1.82, 2.24) is 0 Å². The molecular formula is C15H26. The summed E-state index contributed by atoms with van der Waals surface area (Å²) >= 11 is 0. The largest absolute Gasteiger partial charge is 0.0743 e. The van der Waals surface area contributed by atoms with Gasteiger partial charge in [-0.25, -0.2) is 0 Å². The van der Waals surface area contributed by atoms with Crippen molar-refractivity contribution in [2.45, 2.75) is 65.7 Å². The van der Waals surface area contributed by atoms with E-state index in [-0.39, 0.29) is 0 Å². The third kappa shape index (κ3) is 2.96. The summed E-state index contributed by atoms with van der Waals surface area (Å²) in [6.07, 6.45) is 16.4. The van der Waals surface area contributed by atoms with Gasteiger partial charge in [-0.05, 0) is 19.3 Å². The Morgan fingerprint density at radius 1 is 1.00 bits per heavy atom. The fourth-order valence-corrected chi connectivity index (χ4v) is 2.69. The lowest BCUT2D eigenvalue weighted by atomic mass is 9.73. The summed E-state index contributed by atoms with van der Waals surface area (Å²) in [6.45, 7) is 6.88. The van der Waals surface area contributed by atoms with Gasteiger partial charge in [0, 0.05) is 5.41 Å². The van der Waals surface area contributed by atoms with E-state index in [0.29, 0.717) is 5.41 Å². The third-order valence-electron chi connectivity index (χ3n) is 3.69. The van der Waals surface area contributed by atoms with E-state index in [1.807, 2.05) is 0 Å². The van der Waals surface area contributed by atoms with E-state index in [1.165, 1.54) is 44.9 Å². The lowest BCUT2D eigenvalue weighted by Crippen LogP contribution is -2.18. The minimum Gasteiger partial charge on any atom is -0.0743 e. The van der Waals surface area contributed by atoms with Crippen molar-refractivity contribution in [3.8, 4) is 0 Å². The van der Waals surface area contributed by atoms with E-state index in [2.05, 4.69) is 39.0 Å². The zero-order chi connectivity index (χ0) is 11.1. The smallest absolute Gasteiger partial charge is 0.00968 e. The molecule has 0 fully saturated rings. The molecule has 1 aliphatic carbocycles. The van der Waals surface area contributed by atoms with Crippen LogP contribution in [0.3, 0.4) is 0 Å². The standard InChI is InChI=1S/C15H26/c1-4-7-11-15(12-8-5-2)13-9-10-14(15)6-3/h9-10,13H,4-8,11-12H2,1-3H3. The van der Waals surface area contributed by atoms with Gasteiger partial charge in [0.15, 0.2) is 0 Å². The highest BCUT2D eigenvalue weighted by molar-refractivity contribution is 5.33. The van der Waals surface area contributed by atoms with Crippen molar-refractivity contribution >= 4 is 0 Å². The predicted molar refractivity (Wildman–Crippen MR) is 69.0 cm³/mol. The predicted octanol–water partition coefficient (Wildman–Crippen LogP) is 5.26. The number of allylic oxidation sites excluding steroid dienone is 4. The Kier molecular flexibility index (Phi) is 5.14. The number of hydrogen-bond acceptors (Lipinski definition) is 0. The summed E-state index contributed by atoms with van der Waals surface area (Å²) < 4.78 is 0. The first-order valence-electron chi connectivity index (χ1n) is 6.68. The first-order valence-corrected chi connectivity index (χ1v) is 6.68. The van der Waals surface area contributed by atoms with Gasteiger partial charge in [-0.2, -0.15) is 0 Å². The Morgan fingerprint density at radius 3 is 2.07 bits per heavy atom. The first-order chi connectivity index (χ1) is 7.29. The Hall–Kier alpha value is -0.520. The molecule has 0 amide bonds. The molecule has 0 spiro atoms. The van der Waals surface area contributed by atoms with Crippen LogP contribution in [0.15, 0.2) is 23.8 Å². The average molecular weight is 206 g/mol. The molecule has 0 aromatic heterocycles. The van der Waals surface area contributed by atoms with Gasteiger partial charge in [0.2, 0.25) is 0 Å². The normalized spacial score (nSPS) is 18.2. The van der Waals surface area contributed by atoms with Crippen LogP contribution in [0.25, 0.3) is 0 Å². The van der Waals surface area contributed by atoms with E-state index in [0.717, 1.165) is 0 Å². The second-order valence-electron chi connectivity index (χ2n) is 4.77. The van der Waals surface area contributed by atoms with E-state index in [1.54, 1.807) is 5.57 Å².